The number of nitrogens with zero attached hydrogens (tertiary/aromatic N) is 1. The van der Waals surface area contributed by atoms with Crippen LogP contribution < -0.4 is 5.32 Å². The molecule has 0 aliphatic heterocycles. The van der Waals surface area contributed by atoms with Crippen LogP contribution in [0.25, 0.3) is 16.6 Å². The van der Waals surface area contributed by atoms with E-state index in [0.29, 0.717) is 5.69 Å². The molecular formula is C21H15BrN2O. The van der Waals surface area contributed by atoms with E-state index in [2.05, 4.69) is 21.2 Å². The zero-order chi connectivity index (χ0) is 17.2. The quantitative estimate of drug-likeness (QED) is 0.482. The first-order valence-corrected chi connectivity index (χ1v) is 8.76. The van der Waals surface area contributed by atoms with Gasteiger partial charge >= 0.3 is 0 Å². The lowest BCUT2D eigenvalue weighted by Gasteiger charge is -2.11. The molecule has 4 heteroatoms. The standard InChI is InChI=1S/C21H15BrN2O/c22-19-17-13-7-8-14-18(17)24(16-11-5-2-6-12-16)20(19)21(25)23-15-9-3-1-4-10-15/h1-14H,(H,23,25). The Labute approximate surface area is 154 Å². The van der Waals surface area contributed by atoms with Crippen LogP contribution in [-0.2, 0) is 0 Å². The smallest absolute Gasteiger partial charge is 0.273 e. The van der Waals surface area contributed by atoms with Crippen LogP contribution in [0.5, 0.6) is 0 Å². The molecule has 0 spiro atoms. The van der Waals surface area contributed by atoms with Crippen molar-refractivity contribution in [3.05, 3.63) is 95.1 Å². The molecule has 0 fully saturated rings. The van der Waals surface area contributed by atoms with E-state index in [4.69, 9.17) is 0 Å². The topological polar surface area (TPSA) is 34.0 Å². The average Bonchev–Trinajstić information content (AvgIpc) is 2.96. The predicted octanol–water partition coefficient (Wildman–Crippen LogP) is 5.65. The molecule has 1 amide bonds. The van der Waals surface area contributed by atoms with Gasteiger partial charge in [0, 0.05) is 16.8 Å². The first-order chi connectivity index (χ1) is 12.3. The van der Waals surface area contributed by atoms with Crippen LogP contribution >= 0.6 is 15.9 Å². The monoisotopic (exact) mass is 390 g/mol. The minimum Gasteiger partial charge on any atom is -0.321 e. The molecule has 1 heterocycles. The van der Waals surface area contributed by atoms with E-state index < -0.39 is 0 Å². The highest BCUT2D eigenvalue weighted by Gasteiger charge is 2.22. The van der Waals surface area contributed by atoms with Crippen molar-refractivity contribution in [3.63, 3.8) is 0 Å². The molecule has 0 atom stereocenters. The van der Waals surface area contributed by atoms with Crippen LogP contribution in [0.15, 0.2) is 89.4 Å². The minimum atomic E-state index is -0.155. The van der Waals surface area contributed by atoms with Crippen molar-refractivity contribution in [1.29, 1.82) is 0 Å². The zero-order valence-electron chi connectivity index (χ0n) is 13.3. The Bertz CT molecular complexity index is 1040. The number of carbonyl (C=O) groups is 1. The molecule has 0 aliphatic rings. The third-order valence-electron chi connectivity index (χ3n) is 4.07. The van der Waals surface area contributed by atoms with E-state index in [1.165, 1.54) is 0 Å². The molecule has 0 saturated heterocycles. The third-order valence-corrected chi connectivity index (χ3v) is 4.88. The number of rotatable bonds is 3. The Hall–Kier alpha value is -2.85. The molecule has 1 N–H and O–H groups in total. The van der Waals surface area contributed by atoms with Crippen LogP contribution in [0.2, 0.25) is 0 Å². The van der Waals surface area contributed by atoms with Gasteiger partial charge in [-0.3, -0.25) is 4.79 Å². The number of hydrogen-bond acceptors (Lipinski definition) is 1. The van der Waals surface area contributed by atoms with E-state index in [-0.39, 0.29) is 5.91 Å². The number of benzene rings is 3. The average molecular weight is 391 g/mol. The molecule has 0 aliphatic carbocycles. The lowest BCUT2D eigenvalue weighted by atomic mass is 10.2. The second-order valence-corrected chi connectivity index (χ2v) is 6.46. The number of anilines is 1. The molecular weight excluding hydrogens is 376 g/mol. The van der Waals surface area contributed by atoms with Gasteiger partial charge in [0.2, 0.25) is 0 Å². The lowest BCUT2D eigenvalue weighted by Crippen LogP contribution is -2.16. The molecule has 0 bridgehead atoms. The fourth-order valence-corrected chi connectivity index (χ4v) is 3.65. The molecule has 0 radical (unpaired) electrons. The summed E-state index contributed by atoms with van der Waals surface area (Å²) in [5.41, 5.74) is 3.28. The van der Waals surface area contributed by atoms with Gasteiger partial charge < -0.3 is 9.88 Å². The number of halogens is 1. The molecule has 25 heavy (non-hydrogen) atoms. The van der Waals surface area contributed by atoms with Crippen LogP contribution in [0.1, 0.15) is 10.5 Å². The Balaban J connectivity index is 1.91. The fourth-order valence-electron chi connectivity index (χ4n) is 2.96. The number of para-hydroxylation sites is 3. The summed E-state index contributed by atoms with van der Waals surface area (Å²) in [6.07, 6.45) is 0. The van der Waals surface area contributed by atoms with Crippen molar-refractivity contribution in [2.24, 2.45) is 0 Å². The van der Waals surface area contributed by atoms with Gasteiger partial charge in [0.15, 0.2) is 0 Å². The van der Waals surface area contributed by atoms with E-state index in [0.717, 1.165) is 26.8 Å². The summed E-state index contributed by atoms with van der Waals surface area (Å²) in [6.45, 7) is 0. The largest absolute Gasteiger partial charge is 0.321 e. The van der Waals surface area contributed by atoms with E-state index in [1.807, 2.05) is 89.5 Å². The van der Waals surface area contributed by atoms with Gasteiger partial charge in [-0.05, 0) is 46.3 Å². The van der Waals surface area contributed by atoms with E-state index in [1.54, 1.807) is 0 Å². The van der Waals surface area contributed by atoms with Gasteiger partial charge in [0.05, 0.1) is 9.99 Å². The van der Waals surface area contributed by atoms with Crippen molar-refractivity contribution in [2.45, 2.75) is 0 Å². The van der Waals surface area contributed by atoms with E-state index in [9.17, 15) is 4.79 Å². The van der Waals surface area contributed by atoms with Crippen molar-refractivity contribution >= 4 is 38.4 Å². The number of nitrogens with one attached hydrogen (secondary N) is 1. The summed E-state index contributed by atoms with van der Waals surface area (Å²) in [7, 11) is 0. The SMILES string of the molecule is O=C(Nc1ccccc1)c1c(Br)c2ccccc2n1-c1ccccc1. The fraction of sp³-hybridized carbons (Fsp3) is 0. The van der Waals surface area contributed by atoms with Gasteiger partial charge in [0.25, 0.3) is 5.91 Å². The number of hydrogen-bond donors (Lipinski definition) is 1. The maximum atomic E-state index is 13.0. The van der Waals surface area contributed by atoms with Crippen molar-refractivity contribution in [2.75, 3.05) is 5.32 Å². The molecule has 4 rings (SSSR count). The van der Waals surface area contributed by atoms with Gasteiger partial charge in [-0.25, -0.2) is 0 Å². The molecule has 0 saturated carbocycles. The Morgan fingerprint density at radius 3 is 2.12 bits per heavy atom. The zero-order valence-corrected chi connectivity index (χ0v) is 14.9. The summed E-state index contributed by atoms with van der Waals surface area (Å²) in [5, 5.41) is 3.98. The first kappa shape index (κ1) is 15.7. The van der Waals surface area contributed by atoms with Gasteiger partial charge in [-0.1, -0.05) is 54.6 Å². The van der Waals surface area contributed by atoms with Crippen molar-refractivity contribution in [1.82, 2.24) is 4.57 Å². The highest BCUT2D eigenvalue weighted by Crippen LogP contribution is 2.34. The second kappa shape index (κ2) is 6.57. The number of aromatic nitrogens is 1. The maximum Gasteiger partial charge on any atom is 0.273 e. The normalized spacial score (nSPS) is 10.8. The Kier molecular flexibility index (Phi) is 4.12. The Morgan fingerprint density at radius 2 is 1.40 bits per heavy atom. The van der Waals surface area contributed by atoms with E-state index >= 15 is 0 Å². The predicted molar refractivity (Wildman–Crippen MR) is 105 cm³/mol. The molecule has 1 aromatic heterocycles. The second-order valence-electron chi connectivity index (χ2n) is 5.67. The number of fused-ring (bicyclic) bond motifs is 1. The molecule has 4 aromatic rings. The molecule has 0 unspecified atom stereocenters. The summed E-state index contributed by atoms with van der Waals surface area (Å²) in [4.78, 5) is 13.0. The maximum absolute atomic E-state index is 13.0. The third kappa shape index (κ3) is 2.85. The van der Waals surface area contributed by atoms with Crippen LogP contribution in [0.4, 0.5) is 5.69 Å². The first-order valence-electron chi connectivity index (χ1n) is 7.96. The lowest BCUT2D eigenvalue weighted by molar-refractivity contribution is 0.102. The van der Waals surface area contributed by atoms with Crippen LogP contribution in [-0.4, -0.2) is 10.5 Å². The molecule has 3 aromatic carbocycles. The summed E-state index contributed by atoms with van der Waals surface area (Å²) in [6, 6.07) is 27.4. The highest BCUT2D eigenvalue weighted by molar-refractivity contribution is 9.10. The van der Waals surface area contributed by atoms with Gasteiger partial charge in [-0.15, -0.1) is 0 Å². The summed E-state index contributed by atoms with van der Waals surface area (Å²) < 4.78 is 2.78. The van der Waals surface area contributed by atoms with Gasteiger partial charge in [-0.2, -0.15) is 0 Å². The number of carbonyl (C=O) groups excluding carboxylic acids is 1. The van der Waals surface area contributed by atoms with Crippen molar-refractivity contribution in [3.8, 4) is 5.69 Å². The van der Waals surface area contributed by atoms with Crippen molar-refractivity contribution < 1.29 is 4.79 Å². The molecule has 122 valence electrons. The highest BCUT2D eigenvalue weighted by atomic mass is 79.9. The van der Waals surface area contributed by atoms with Crippen LogP contribution in [0.3, 0.4) is 0 Å². The Morgan fingerprint density at radius 1 is 0.800 bits per heavy atom. The molecule has 3 nitrogen and oxygen atoms in total. The summed E-state index contributed by atoms with van der Waals surface area (Å²) in [5.74, 6) is -0.155. The number of amides is 1. The van der Waals surface area contributed by atoms with Crippen LogP contribution in [0, 0.1) is 0 Å². The minimum absolute atomic E-state index is 0.155. The van der Waals surface area contributed by atoms with Gasteiger partial charge in [0.1, 0.15) is 5.69 Å². The summed E-state index contributed by atoms with van der Waals surface area (Å²) >= 11 is 3.63.